The maximum atomic E-state index is 13.0. The Balaban J connectivity index is 1.76. The van der Waals surface area contributed by atoms with E-state index < -0.39 is 0 Å². The highest BCUT2D eigenvalue weighted by Gasteiger charge is 2.16. The molecule has 1 aromatic heterocycles. The summed E-state index contributed by atoms with van der Waals surface area (Å²) in [5.74, 6) is 0.0920. The van der Waals surface area contributed by atoms with Crippen molar-refractivity contribution < 1.29 is 13.9 Å². The molecule has 0 radical (unpaired) electrons. The van der Waals surface area contributed by atoms with Crippen molar-refractivity contribution in [2.75, 3.05) is 17.2 Å². The van der Waals surface area contributed by atoms with Crippen molar-refractivity contribution >= 4 is 33.8 Å². The van der Waals surface area contributed by atoms with E-state index in [1.807, 2.05) is 31.2 Å². The summed E-state index contributed by atoms with van der Waals surface area (Å²) in [5, 5.41) is 6.54. The maximum Gasteiger partial charge on any atom is 0.267 e. The molecule has 0 unspecified atom stereocenters. The number of thiazole rings is 1. The molecule has 0 bridgehead atoms. The standard InChI is InChI=1S/C19H18FN3O2S/c1-3-25-16-7-5-4-6-15(16)23-19-21-12(2)17(26-19)18(24)22-14-10-8-13(20)9-11-14/h4-11H,3H2,1-2H3,(H,21,23)(H,22,24). The first-order chi connectivity index (χ1) is 12.6. The normalized spacial score (nSPS) is 10.4. The molecular formula is C19H18FN3O2S. The highest BCUT2D eigenvalue weighted by molar-refractivity contribution is 7.17. The van der Waals surface area contributed by atoms with E-state index in [2.05, 4.69) is 15.6 Å². The SMILES string of the molecule is CCOc1ccccc1Nc1nc(C)c(C(=O)Nc2ccc(F)cc2)s1. The molecule has 0 fully saturated rings. The molecule has 0 saturated heterocycles. The second-order valence-electron chi connectivity index (χ2n) is 5.45. The number of aryl methyl sites for hydroxylation is 1. The second-order valence-corrected chi connectivity index (χ2v) is 6.45. The molecular weight excluding hydrogens is 353 g/mol. The third-order valence-electron chi connectivity index (χ3n) is 3.53. The van der Waals surface area contributed by atoms with Crippen LogP contribution in [0.3, 0.4) is 0 Å². The molecule has 0 spiro atoms. The van der Waals surface area contributed by atoms with Crippen LogP contribution in [0.5, 0.6) is 5.75 Å². The molecule has 0 aliphatic rings. The lowest BCUT2D eigenvalue weighted by Gasteiger charge is -2.09. The molecule has 3 aromatic rings. The lowest BCUT2D eigenvalue weighted by atomic mass is 10.3. The number of para-hydroxylation sites is 2. The summed E-state index contributed by atoms with van der Waals surface area (Å²) in [7, 11) is 0. The van der Waals surface area contributed by atoms with Crippen LogP contribution in [-0.4, -0.2) is 17.5 Å². The Morgan fingerprint density at radius 1 is 1.19 bits per heavy atom. The van der Waals surface area contributed by atoms with Crippen molar-refractivity contribution in [2.45, 2.75) is 13.8 Å². The van der Waals surface area contributed by atoms with Crippen LogP contribution in [0.15, 0.2) is 48.5 Å². The number of benzene rings is 2. The monoisotopic (exact) mass is 371 g/mol. The first-order valence-corrected chi connectivity index (χ1v) is 8.91. The zero-order chi connectivity index (χ0) is 18.5. The fourth-order valence-corrected chi connectivity index (χ4v) is 3.22. The van der Waals surface area contributed by atoms with E-state index in [0.717, 1.165) is 11.4 Å². The van der Waals surface area contributed by atoms with Crippen molar-refractivity contribution in [1.82, 2.24) is 4.98 Å². The average Bonchev–Trinajstić information content (AvgIpc) is 2.99. The number of amides is 1. The smallest absolute Gasteiger partial charge is 0.267 e. The van der Waals surface area contributed by atoms with Gasteiger partial charge in [0.25, 0.3) is 5.91 Å². The van der Waals surface area contributed by atoms with E-state index in [-0.39, 0.29) is 11.7 Å². The van der Waals surface area contributed by atoms with Gasteiger partial charge in [0.05, 0.1) is 18.0 Å². The molecule has 2 N–H and O–H groups in total. The zero-order valence-corrected chi connectivity index (χ0v) is 15.2. The number of rotatable bonds is 6. The van der Waals surface area contributed by atoms with Crippen LogP contribution in [0.1, 0.15) is 22.3 Å². The molecule has 26 heavy (non-hydrogen) atoms. The van der Waals surface area contributed by atoms with Gasteiger partial charge in [-0.15, -0.1) is 0 Å². The van der Waals surface area contributed by atoms with Gasteiger partial charge in [-0.05, 0) is 50.2 Å². The number of hydrogen-bond acceptors (Lipinski definition) is 5. The molecule has 0 aliphatic heterocycles. The van der Waals surface area contributed by atoms with Crippen LogP contribution < -0.4 is 15.4 Å². The summed E-state index contributed by atoms with van der Waals surface area (Å²) in [6.07, 6.45) is 0. The summed E-state index contributed by atoms with van der Waals surface area (Å²) in [5.41, 5.74) is 1.93. The largest absolute Gasteiger partial charge is 0.492 e. The predicted molar refractivity (Wildman–Crippen MR) is 102 cm³/mol. The summed E-state index contributed by atoms with van der Waals surface area (Å²) in [6.45, 7) is 4.25. The van der Waals surface area contributed by atoms with Crippen LogP contribution in [0.2, 0.25) is 0 Å². The van der Waals surface area contributed by atoms with E-state index >= 15 is 0 Å². The molecule has 1 amide bonds. The minimum absolute atomic E-state index is 0.280. The van der Waals surface area contributed by atoms with Gasteiger partial charge in [-0.2, -0.15) is 0 Å². The zero-order valence-electron chi connectivity index (χ0n) is 14.4. The van der Waals surface area contributed by atoms with Gasteiger partial charge in [-0.1, -0.05) is 23.5 Å². The van der Waals surface area contributed by atoms with Crippen LogP contribution in [0.4, 0.5) is 20.9 Å². The van der Waals surface area contributed by atoms with E-state index in [4.69, 9.17) is 4.74 Å². The van der Waals surface area contributed by atoms with Crippen molar-refractivity contribution in [1.29, 1.82) is 0 Å². The van der Waals surface area contributed by atoms with Crippen molar-refractivity contribution in [3.63, 3.8) is 0 Å². The first-order valence-electron chi connectivity index (χ1n) is 8.10. The third kappa shape index (κ3) is 4.18. The number of halogens is 1. The topological polar surface area (TPSA) is 63.2 Å². The minimum Gasteiger partial charge on any atom is -0.492 e. The Morgan fingerprint density at radius 2 is 1.92 bits per heavy atom. The molecule has 1 heterocycles. The number of nitrogens with one attached hydrogen (secondary N) is 2. The highest BCUT2D eigenvalue weighted by atomic mass is 32.1. The fraction of sp³-hybridized carbons (Fsp3) is 0.158. The Labute approximate surface area is 154 Å². The maximum absolute atomic E-state index is 13.0. The number of anilines is 3. The molecule has 0 saturated carbocycles. The van der Waals surface area contributed by atoms with Crippen LogP contribution in [0.25, 0.3) is 0 Å². The van der Waals surface area contributed by atoms with Crippen LogP contribution in [-0.2, 0) is 0 Å². The second kappa shape index (κ2) is 7.97. The van der Waals surface area contributed by atoms with E-state index in [1.165, 1.54) is 35.6 Å². The quantitative estimate of drug-likeness (QED) is 0.641. The van der Waals surface area contributed by atoms with Crippen molar-refractivity contribution in [3.05, 3.63) is 64.9 Å². The van der Waals surface area contributed by atoms with Crippen molar-refractivity contribution in [3.8, 4) is 5.75 Å². The molecule has 5 nitrogen and oxygen atoms in total. The van der Waals surface area contributed by atoms with Gasteiger partial charge < -0.3 is 15.4 Å². The van der Waals surface area contributed by atoms with Gasteiger partial charge in [0.15, 0.2) is 5.13 Å². The number of hydrogen-bond donors (Lipinski definition) is 2. The van der Waals surface area contributed by atoms with E-state index in [0.29, 0.717) is 28.0 Å². The van der Waals surface area contributed by atoms with Gasteiger partial charge in [0, 0.05) is 5.69 Å². The molecule has 0 atom stereocenters. The lowest BCUT2D eigenvalue weighted by molar-refractivity contribution is 0.103. The van der Waals surface area contributed by atoms with Gasteiger partial charge >= 0.3 is 0 Å². The summed E-state index contributed by atoms with van der Waals surface area (Å²) < 4.78 is 18.6. The Hall–Kier alpha value is -2.93. The number of aromatic nitrogens is 1. The van der Waals surface area contributed by atoms with Gasteiger partial charge in [-0.25, -0.2) is 9.37 Å². The number of ether oxygens (including phenoxy) is 1. The molecule has 7 heteroatoms. The molecule has 134 valence electrons. The fourth-order valence-electron chi connectivity index (χ4n) is 2.35. The molecule has 2 aromatic carbocycles. The van der Waals surface area contributed by atoms with Gasteiger partial charge in [0.1, 0.15) is 16.4 Å². The summed E-state index contributed by atoms with van der Waals surface area (Å²) in [6, 6.07) is 13.2. The van der Waals surface area contributed by atoms with Gasteiger partial charge in [0.2, 0.25) is 0 Å². The molecule has 0 aliphatic carbocycles. The predicted octanol–water partition coefficient (Wildman–Crippen LogP) is 4.99. The van der Waals surface area contributed by atoms with E-state index in [9.17, 15) is 9.18 Å². The lowest BCUT2D eigenvalue weighted by Crippen LogP contribution is -2.11. The molecule has 3 rings (SSSR count). The Kier molecular flexibility index (Phi) is 5.48. The number of carbonyl (C=O) groups excluding carboxylic acids is 1. The third-order valence-corrected chi connectivity index (χ3v) is 4.61. The number of carbonyl (C=O) groups is 1. The summed E-state index contributed by atoms with van der Waals surface area (Å²) >= 11 is 1.25. The number of nitrogens with zero attached hydrogens (tertiary/aromatic N) is 1. The van der Waals surface area contributed by atoms with Crippen molar-refractivity contribution in [2.24, 2.45) is 0 Å². The Bertz CT molecular complexity index is 909. The van der Waals surface area contributed by atoms with Gasteiger partial charge in [-0.3, -0.25) is 4.79 Å². The van der Waals surface area contributed by atoms with E-state index in [1.54, 1.807) is 6.92 Å². The first kappa shape index (κ1) is 17.9. The minimum atomic E-state index is -0.351. The Morgan fingerprint density at radius 3 is 2.65 bits per heavy atom. The van der Waals surface area contributed by atoms with Crippen LogP contribution >= 0.6 is 11.3 Å². The highest BCUT2D eigenvalue weighted by Crippen LogP contribution is 2.31. The average molecular weight is 371 g/mol. The summed E-state index contributed by atoms with van der Waals surface area (Å²) in [4.78, 5) is 17.4. The van der Waals surface area contributed by atoms with Crippen LogP contribution in [0, 0.1) is 12.7 Å².